The molecule has 3 rings (SSSR count). The van der Waals surface area contributed by atoms with Crippen LogP contribution < -0.4 is 9.47 Å². The van der Waals surface area contributed by atoms with Crippen LogP contribution in [0, 0.1) is 0 Å². The van der Waals surface area contributed by atoms with Gasteiger partial charge in [0, 0.05) is 0 Å². The first-order valence-corrected chi connectivity index (χ1v) is 10.4. The summed E-state index contributed by atoms with van der Waals surface area (Å²) < 4.78 is 16.0. The zero-order valence-electron chi connectivity index (χ0n) is 17.6. The summed E-state index contributed by atoms with van der Waals surface area (Å²) in [4.78, 5) is 24.1. The molecule has 3 aromatic rings. The fraction of sp³-hybridized carbons (Fsp3) is 0.231. The first-order chi connectivity index (χ1) is 15.1. The van der Waals surface area contributed by atoms with Crippen LogP contribution in [-0.2, 0) is 22.4 Å². The number of hydrogen-bond donors (Lipinski definition) is 0. The third-order valence-corrected chi connectivity index (χ3v) is 4.70. The van der Waals surface area contributed by atoms with Gasteiger partial charge in [0.15, 0.2) is 6.61 Å². The molecule has 0 amide bonds. The summed E-state index contributed by atoms with van der Waals surface area (Å²) in [6.45, 7) is 2.22. The van der Waals surface area contributed by atoms with Gasteiger partial charge in [0.1, 0.15) is 11.5 Å². The highest BCUT2D eigenvalue weighted by molar-refractivity contribution is 5.89. The van der Waals surface area contributed by atoms with E-state index in [1.54, 1.807) is 24.3 Å². The number of rotatable bonds is 10. The number of ether oxygens (including phenoxy) is 3. The number of carbonyl (C=O) groups excluding carboxylic acids is 2. The lowest BCUT2D eigenvalue weighted by atomic mass is 10.1. The zero-order chi connectivity index (χ0) is 21.9. The minimum absolute atomic E-state index is 0.198. The monoisotopic (exact) mass is 418 g/mol. The van der Waals surface area contributed by atoms with E-state index in [1.165, 1.54) is 11.1 Å². The fourth-order valence-corrected chi connectivity index (χ4v) is 2.95. The van der Waals surface area contributed by atoms with Crippen LogP contribution in [0.5, 0.6) is 11.5 Å². The Hall–Kier alpha value is -3.60. The standard InChI is InChI=1S/C26H26O5/c1-2-20-10-14-23(15-11-20)30-19-25(27)31-24-16-12-22(13-17-24)26(28)29-18-6-9-21-7-4-3-5-8-21/h3-5,7-8,10-17H,2,6,9,18-19H2,1H3. The van der Waals surface area contributed by atoms with Crippen LogP contribution in [0.25, 0.3) is 0 Å². The fourth-order valence-electron chi connectivity index (χ4n) is 2.95. The second-order valence-electron chi connectivity index (χ2n) is 7.01. The van der Waals surface area contributed by atoms with Gasteiger partial charge < -0.3 is 14.2 Å². The Bertz CT molecular complexity index is 963. The molecule has 0 bridgehead atoms. The third kappa shape index (κ3) is 7.30. The van der Waals surface area contributed by atoms with Crippen LogP contribution in [0.1, 0.15) is 34.8 Å². The Morgan fingerprint density at radius 3 is 2.13 bits per heavy atom. The van der Waals surface area contributed by atoms with E-state index < -0.39 is 11.9 Å². The topological polar surface area (TPSA) is 61.8 Å². The van der Waals surface area contributed by atoms with Gasteiger partial charge in [-0.25, -0.2) is 9.59 Å². The number of carbonyl (C=O) groups is 2. The molecule has 5 nitrogen and oxygen atoms in total. The van der Waals surface area contributed by atoms with Gasteiger partial charge in [-0.05, 0) is 66.8 Å². The van der Waals surface area contributed by atoms with Crippen molar-refractivity contribution < 1.29 is 23.8 Å². The molecule has 0 fully saturated rings. The molecule has 0 aliphatic rings. The molecule has 0 saturated carbocycles. The predicted octanol–water partition coefficient (Wildman–Crippen LogP) is 5.02. The van der Waals surface area contributed by atoms with Crippen LogP contribution in [0.15, 0.2) is 78.9 Å². The molecule has 160 valence electrons. The molecule has 0 atom stereocenters. The highest BCUT2D eigenvalue weighted by Crippen LogP contribution is 2.15. The van der Waals surface area contributed by atoms with E-state index in [9.17, 15) is 9.59 Å². The van der Waals surface area contributed by atoms with Crippen molar-refractivity contribution in [1.82, 2.24) is 0 Å². The Morgan fingerprint density at radius 2 is 1.45 bits per heavy atom. The molecule has 0 radical (unpaired) electrons. The first-order valence-electron chi connectivity index (χ1n) is 10.4. The summed E-state index contributed by atoms with van der Waals surface area (Å²) in [7, 11) is 0. The van der Waals surface area contributed by atoms with Crippen molar-refractivity contribution in [2.24, 2.45) is 0 Å². The van der Waals surface area contributed by atoms with Crippen molar-refractivity contribution in [3.8, 4) is 11.5 Å². The summed E-state index contributed by atoms with van der Waals surface area (Å²) >= 11 is 0. The molecule has 0 heterocycles. The lowest BCUT2D eigenvalue weighted by molar-refractivity contribution is -0.136. The minimum atomic E-state index is -0.518. The van der Waals surface area contributed by atoms with Crippen molar-refractivity contribution in [2.75, 3.05) is 13.2 Å². The maximum atomic E-state index is 12.1. The van der Waals surface area contributed by atoms with Gasteiger partial charge in [0.25, 0.3) is 0 Å². The van der Waals surface area contributed by atoms with Gasteiger partial charge in [0.05, 0.1) is 12.2 Å². The van der Waals surface area contributed by atoms with Gasteiger partial charge >= 0.3 is 11.9 Å². The minimum Gasteiger partial charge on any atom is -0.482 e. The Kier molecular flexibility index (Phi) is 8.23. The molecular formula is C26H26O5. The molecular weight excluding hydrogens is 392 g/mol. The number of hydrogen-bond acceptors (Lipinski definition) is 5. The third-order valence-electron chi connectivity index (χ3n) is 4.70. The molecule has 0 unspecified atom stereocenters. The van der Waals surface area contributed by atoms with Gasteiger partial charge in [-0.2, -0.15) is 0 Å². The van der Waals surface area contributed by atoms with E-state index in [4.69, 9.17) is 14.2 Å². The average molecular weight is 418 g/mol. The van der Waals surface area contributed by atoms with Gasteiger partial charge in [-0.1, -0.05) is 49.4 Å². The van der Waals surface area contributed by atoms with Crippen molar-refractivity contribution in [1.29, 1.82) is 0 Å². The summed E-state index contributed by atoms with van der Waals surface area (Å²) in [5.74, 6) is 0.0377. The molecule has 0 aliphatic carbocycles. The van der Waals surface area contributed by atoms with Crippen molar-refractivity contribution in [3.63, 3.8) is 0 Å². The summed E-state index contributed by atoms with van der Waals surface area (Å²) in [6, 6.07) is 23.9. The molecule has 31 heavy (non-hydrogen) atoms. The van der Waals surface area contributed by atoms with Gasteiger partial charge in [-0.3, -0.25) is 0 Å². The second-order valence-corrected chi connectivity index (χ2v) is 7.01. The van der Waals surface area contributed by atoms with Crippen LogP contribution in [0.3, 0.4) is 0 Å². The predicted molar refractivity (Wildman–Crippen MR) is 118 cm³/mol. The molecule has 0 N–H and O–H groups in total. The SMILES string of the molecule is CCc1ccc(OCC(=O)Oc2ccc(C(=O)OCCCc3ccccc3)cc2)cc1. The quantitative estimate of drug-likeness (QED) is 0.263. The molecule has 0 aromatic heterocycles. The molecule has 0 spiro atoms. The van der Waals surface area contributed by atoms with Gasteiger partial charge in [0.2, 0.25) is 0 Å². The maximum Gasteiger partial charge on any atom is 0.349 e. The van der Waals surface area contributed by atoms with Gasteiger partial charge in [-0.15, -0.1) is 0 Å². The highest BCUT2D eigenvalue weighted by Gasteiger charge is 2.10. The molecule has 0 saturated heterocycles. The normalized spacial score (nSPS) is 10.4. The lowest BCUT2D eigenvalue weighted by Gasteiger charge is -2.08. The van der Waals surface area contributed by atoms with Crippen LogP contribution >= 0.6 is 0 Å². The Morgan fingerprint density at radius 1 is 0.774 bits per heavy atom. The number of aryl methyl sites for hydroxylation is 2. The number of benzene rings is 3. The lowest BCUT2D eigenvalue weighted by Crippen LogP contribution is -2.17. The Labute approximate surface area is 182 Å². The van der Waals surface area contributed by atoms with E-state index in [1.807, 2.05) is 42.5 Å². The van der Waals surface area contributed by atoms with Crippen molar-refractivity contribution in [2.45, 2.75) is 26.2 Å². The van der Waals surface area contributed by atoms with Crippen LogP contribution in [-0.4, -0.2) is 25.2 Å². The zero-order valence-corrected chi connectivity index (χ0v) is 17.6. The summed E-state index contributed by atoms with van der Waals surface area (Å²) in [5.41, 5.74) is 2.82. The van der Waals surface area contributed by atoms with E-state index >= 15 is 0 Å². The largest absolute Gasteiger partial charge is 0.482 e. The van der Waals surface area contributed by atoms with Crippen molar-refractivity contribution in [3.05, 3.63) is 95.6 Å². The number of esters is 2. The highest BCUT2D eigenvalue weighted by atomic mass is 16.6. The second kappa shape index (κ2) is 11.6. The Balaban J connectivity index is 1.39. The van der Waals surface area contributed by atoms with E-state index in [0.29, 0.717) is 23.7 Å². The summed E-state index contributed by atoms with van der Waals surface area (Å²) in [5, 5.41) is 0. The van der Waals surface area contributed by atoms with E-state index in [0.717, 1.165) is 19.3 Å². The van der Waals surface area contributed by atoms with Crippen LogP contribution in [0.4, 0.5) is 0 Å². The van der Waals surface area contributed by atoms with Crippen LogP contribution in [0.2, 0.25) is 0 Å². The van der Waals surface area contributed by atoms with Crippen molar-refractivity contribution >= 4 is 11.9 Å². The van der Waals surface area contributed by atoms with E-state index in [-0.39, 0.29) is 6.61 Å². The summed E-state index contributed by atoms with van der Waals surface area (Å²) in [6.07, 6.45) is 2.56. The maximum absolute atomic E-state index is 12.1. The molecule has 3 aromatic carbocycles. The molecule has 5 heteroatoms. The average Bonchev–Trinajstić information content (AvgIpc) is 2.82. The van der Waals surface area contributed by atoms with E-state index in [2.05, 4.69) is 19.1 Å². The first kappa shape index (κ1) is 22.1. The molecule has 0 aliphatic heterocycles. The smallest absolute Gasteiger partial charge is 0.349 e.